The van der Waals surface area contributed by atoms with Crippen LogP contribution in [0.1, 0.15) is 20.8 Å². The van der Waals surface area contributed by atoms with Crippen LogP contribution < -0.4 is 10.9 Å². The number of nitrogens with one attached hydrogen (secondary N) is 2. The highest BCUT2D eigenvalue weighted by Gasteiger charge is 2.18. The van der Waals surface area contributed by atoms with Crippen molar-refractivity contribution in [3.63, 3.8) is 0 Å². The summed E-state index contributed by atoms with van der Waals surface area (Å²) in [5.74, 6) is 0.401. The van der Waals surface area contributed by atoms with Crippen molar-refractivity contribution in [1.29, 1.82) is 0 Å². The first-order valence-electron chi connectivity index (χ1n) is 4.24. The Kier molecular flexibility index (Phi) is 4.67. The largest absolute Gasteiger partial charge is 0.329 e. The Labute approximate surface area is 75.7 Å². The van der Waals surface area contributed by atoms with Crippen LogP contribution in [0.15, 0.2) is 24.9 Å². The van der Waals surface area contributed by atoms with Gasteiger partial charge in [0.1, 0.15) is 0 Å². The first-order chi connectivity index (χ1) is 5.52. The summed E-state index contributed by atoms with van der Waals surface area (Å²) in [5, 5.41) is 0. The van der Waals surface area contributed by atoms with E-state index in [1.54, 1.807) is 0 Å². The molecule has 0 saturated heterocycles. The average Bonchev–Trinajstić information content (AvgIpc) is 1.95. The zero-order valence-corrected chi connectivity index (χ0v) is 8.52. The number of hydrogen-bond donors (Lipinski definition) is 2. The first-order valence-corrected chi connectivity index (χ1v) is 4.24. The summed E-state index contributed by atoms with van der Waals surface area (Å²) >= 11 is 0. The lowest BCUT2D eigenvalue weighted by Crippen LogP contribution is -2.22. The summed E-state index contributed by atoms with van der Waals surface area (Å²) in [4.78, 5) is 0. The number of hydrazine groups is 1. The Morgan fingerprint density at radius 1 is 1.33 bits per heavy atom. The molecule has 0 spiro atoms. The Hall–Kier alpha value is -0.760. The molecule has 0 bridgehead atoms. The fourth-order valence-corrected chi connectivity index (χ4v) is 0.956. The van der Waals surface area contributed by atoms with Gasteiger partial charge in [0.2, 0.25) is 0 Å². The zero-order chi connectivity index (χ0) is 9.61. The predicted molar refractivity (Wildman–Crippen MR) is 54.5 cm³/mol. The van der Waals surface area contributed by atoms with Crippen molar-refractivity contribution in [3.8, 4) is 0 Å². The molecule has 0 heterocycles. The molecule has 0 aromatic heterocycles. The van der Waals surface area contributed by atoms with E-state index in [0.717, 1.165) is 0 Å². The Morgan fingerprint density at radius 2 is 1.92 bits per heavy atom. The molecule has 0 saturated carbocycles. The molecule has 12 heavy (non-hydrogen) atoms. The average molecular weight is 168 g/mol. The summed E-state index contributed by atoms with van der Waals surface area (Å²) in [6.45, 7) is 10.4. The molecule has 0 unspecified atom stereocenters. The molecule has 2 nitrogen and oxygen atoms in total. The highest BCUT2D eigenvalue weighted by molar-refractivity contribution is 5.01. The third kappa shape index (κ3) is 4.19. The minimum absolute atomic E-state index is 0.244. The minimum atomic E-state index is 0.244. The molecule has 0 aromatic rings. The van der Waals surface area contributed by atoms with E-state index in [9.17, 15) is 0 Å². The van der Waals surface area contributed by atoms with E-state index < -0.39 is 0 Å². The summed E-state index contributed by atoms with van der Waals surface area (Å²) in [7, 11) is 1.84. The Balaban J connectivity index is 4.09. The lowest BCUT2D eigenvalue weighted by atomic mass is 9.81. The van der Waals surface area contributed by atoms with E-state index >= 15 is 0 Å². The van der Waals surface area contributed by atoms with Crippen molar-refractivity contribution in [2.24, 2.45) is 11.3 Å². The highest BCUT2D eigenvalue weighted by atomic mass is 15.3. The summed E-state index contributed by atoms with van der Waals surface area (Å²) < 4.78 is 0. The van der Waals surface area contributed by atoms with Gasteiger partial charge >= 0.3 is 0 Å². The summed E-state index contributed by atoms with van der Waals surface area (Å²) in [6.07, 6.45) is 5.97. The molecule has 0 aromatic carbocycles. The van der Waals surface area contributed by atoms with Crippen molar-refractivity contribution >= 4 is 0 Å². The van der Waals surface area contributed by atoms with E-state index in [2.05, 4.69) is 44.3 Å². The summed E-state index contributed by atoms with van der Waals surface area (Å²) in [6, 6.07) is 0. The fraction of sp³-hybridized carbons (Fsp3) is 0.600. The second kappa shape index (κ2) is 4.99. The fourth-order valence-electron chi connectivity index (χ4n) is 0.956. The van der Waals surface area contributed by atoms with Crippen molar-refractivity contribution in [1.82, 2.24) is 10.9 Å². The van der Waals surface area contributed by atoms with Gasteiger partial charge in [-0.3, -0.25) is 0 Å². The quantitative estimate of drug-likeness (QED) is 0.496. The molecule has 1 atom stereocenters. The topological polar surface area (TPSA) is 24.1 Å². The van der Waals surface area contributed by atoms with Crippen LogP contribution in [0.5, 0.6) is 0 Å². The van der Waals surface area contributed by atoms with E-state index in [0.29, 0.717) is 5.92 Å². The van der Waals surface area contributed by atoms with Crippen LogP contribution in [0.4, 0.5) is 0 Å². The van der Waals surface area contributed by atoms with E-state index in [1.807, 2.05) is 19.3 Å². The van der Waals surface area contributed by atoms with Gasteiger partial charge < -0.3 is 5.43 Å². The molecule has 2 N–H and O–H groups in total. The minimum Gasteiger partial charge on any atom is -0.329 e. The van der Waals surface area contributed by atoms with Crippen molar-refractivity contribution in [2.75, 3.05) is 7.05 Å². The summed E-state index contributed by atoms with van der Waals surface area (Å²) in [5.41, 5.74) is 5.98. The molecule has 2 heteroatoms. The molecule has 0 radical (unpaired) electrons. The third-order valence-corrected chi connectivity index (χ3v) is 1.79. The number of allylic oxidation sites excluding steroid dienone is 2. The molecule has 70 valence electrons. The van der Waals surface area contributed by atoms with Gasteiger partial charge in [-0.05, 0) is 5.41 Å². The predicted octanol–water partition coefficient (Wildman–Crippen LogP) is 2.07. The van der Waals surface area contributed by atoms with Gasteiger partial charge in [0.15, 0.2) is 0 Å². The second-order valence-electron chi connectivity index (χ2n) is 3.88. The van der Waals surface area contributed by atoms with Gasteiger partial charge in [0, 0.05) is 19.2 Å². The lowest BCUT2D eigenvalue weighted by molar-refractivity contribution is 0.343. The maximum Gasteiger partial charge on any atom is 0.00911 e. The van der Waals surface area contributed by atoms with Crippen LogP contribution in [0, 0.1) is 11.3 Å². The highest BCUT2D eigenvalue weighted by Crippen LogP contribution is 2.27. The maximum atomic E-state index is 3.81. The van der Waals surface area contributed by atoms with Crippen molar-refractivity contribution < 1.29 is 0 Å². The second-order valence-corrected chi connectivity index (χ2v) is 3.88. The molecule has 0 aliphatic rings. The number of rotatable bonds is 4. The van der Waals surface area contributed by atoms with Crippen molar-refractivity contribution in [3.05, 3.63) is 24.9 Å². The standard InChI is InChI=1S/C10H20N2/c1-6-9(10(2,3)4)7-8-12-11-5/h6-9,11-12H,1H2,2-5H3/b8-7-/t9-/m0/s1. The van der Waals surface area contributed by atoms with Crippen LogP contribution in [0.3, 0.4) is 0 Å². The SMILES string of the molecule is C=C[C@@H](/C=C\NNC)C(C)(C)C. The van der Waals surface area contributed by atoms with Gasteiger partial charge in [0.25, 0.3) is 0 Å². The van der Waals surface area contributed by atoms with Crippen LogP contribution in [-0.4, -0.2) is 7.05 Å². The molecule has 0 fully saturated rings. The van der Waals surface area contributed by atoms with Gasteiger partial charge in [-0.1, -0.05) is 32.9 Å². The van der Waals surface area contributed by atoms with E-state index in [4.69, 9.17) is 0 Å². The van der Waals surface area contributed by atoms with E-state index in [1.165, 1.54) is 0 Å². The zero-order valence-electron chi connectivity index (χ0n) is 8.52. The Bertz CT molecular complexity index is 154. The normalized spacial score (nSPS) is 14.7. The molecule has 0 aliphatic carbocycles. The Morgan fingerprint density at radius 3 is 2.25 bits per heavy atom. The molecule has 0 amide bonds. The molecular weight excluding hydrogens is 148 g/mol. The van der Waals surface area contributed by atoms with Crippen LogP contribution in [0.25, 0.3) is 0 Å². The maximum absolute atomic E-state index is 3.81. The molecular formula is C10H20N2. The van der Waals surface area contributed by atoms with Gasteiger partial charge in [-0.15, -0.1) is 6.58 Å². The number of hydrogen-bond acceptors (Lipinski definition) is 2. The monoisotopic (exact) mass is 168 g/mol. The van der Waals surface area contributed by atoms with E-state index in [-0.39, 0.29) is 5.41 Å². The lowest BCUT2D eigenvalue weighted by Gasteiger charge is -2.24. The van der Waals surface area contributed by atoms with Crippen LogP contribution in [-0.2, 0) is 0 Å². The smallest absolute Gasteiger partial charge is 0.00911 e. The molecule has 0 rings (SSSR count). The molecule has 0 aliphatic heterocycles. The van der Waals surface area contributed by atoms with Crippen molar-refractivity contribution in [2.45, 2.75) is 20.8 Å². The van der Waals surface area contributed by atoms with Gasteiger partial charge in [0.05, 0.1) is 0 Å². The third-order valence-electron chi connectivity index (χ3n) is 1.79. The van der Waals surface area contributed by atoms with Gasteiger partial charge in [-0.25, -0.2) is 5.43 Å². The van der Waals surface area contributed by atoms with Crippen LogP contribution in [0.2, 0.25) is 0 Å². The van der Waals surface area contributed by atoms with Crippen LogP contribution >= 0.6 is 0 Å². The van der Waals surface area contributed by atoms with Gasteiger partial charge in [-0.2, -0.15) is 0 Å². The first kappa shape index (κ1) is 11.2.